The summed E-state index contributed by atoms with van der Waals surface area (Å²) in [5.41, 5.74) is 28.7. The van der Waals surface area contributed by atoms with Crippen molar-refractivity contribution in [1.82, 2.24) is 0 Å². The zero-order valence-electron chi connectivity index (χ0n) is 79.4. The Hall–Kier alpha value is -18.2. The van der Waals surface area contributed by atoms with Gasteiger partial charge in [-0.15, -0.1) is 0 Å². The van der Waals surface area contributed by atoms with Crippen LogP contribution in [0.5, 0.6) is 0 Å². The molecule has 0 saturated carbocycles. The molecule has 0 bridgehead atoms. The first kappa shape index (κ1) is 85.0. The summed E-state index contributed by atoms with van der Waals surface area (Å²) in [6.07, 6.45) is 0. The molecule has 144 heavy (non-hydrogen) atoms. The van der Waals surface area contributed by atoms with Crippen LogP contribution in [0.2, 0.25) is 0 Å². The number of rotatable bonds is 14. The molecule has 0 fully saturated rings. The van der Waals surface area contributed by atoms with E-state index in [0.717, 1.165) is 109 Å². The fraction of sp³-hybridized carbons (Fsp3) is 0.0429. The predicted octanol–water partition coefficient (Wildman–Crippen LogP) is 36.3. The van der Waals surface area contributed by atoms with Crippen LogP contribution in [0, 0.1) is 0 Å². The molecule has 26 aromatic carbocycles. The zero-order valence-corrected chi connectivity index (χ0v) is 79.4. The van der Waals surface area contributed by atoms with E-state index in [9.17, 15) is 9.59 Å². The van der Waals surface area contributed by atoms with Gasteiger partial charge in [0, 0.05) is 0 Å². The van der Waals surface area contributed by atoms with Crippen LogP contribution in [0.15, 0.2) is 497 Å². The summed E-state index contributed by atoms with van der Waals surface area (Å²) in [5.74, 6) is -0.641. The predicted molar refractivity (Wildman–Crippen MR) is 602 cm³/mol. The van der Waals surface area contributed by atoms with Crippen LogP contribution < -0.4 is 0 Å². The number of benzene rings is 26. The van der Waals surface area contributed by atoms with E-state index in [1.54, 1.807) is 0 Å². The van der Waals surface area contributed by atoms with E-state index in [1.165, 1.54) is 154 Å². The first-order valence-corrected chi connectivity index (χ1v) is 50.0. The molecule has 0 N–H and O–H groups in total. The number of fused-ring (bicyclic) bond motifs is 22. The second-order valence-electron chi connectivity index (χ2n) is 38.2. The number of esters is 2. The van der Waals surface area contributed by atoms with Crippen molar-refractivity contribution in [1.29, 1.82) is 0 Å². The lowest BCUT2D eigenvalue weighted by Crippen LogP contribution is -2.33. The SMILES string of the molecule is CCOC(=O)c1ccccc1-c1cc2c3ccccc3c(-c3ccc(-c4cc5c6ccccc6c(-c6ccccc6C(=O)OCC)cc5c5ccccc45)cc3)cc2c2ccccc12.c1ccc(C2(c3ccccc3)c3ccccc3-c3cc4c5ccccc5c(-c5ccc(-c6cc7c8cccc9c8c(cc7c7ccccc67)-c6ccccc6C9(c6ccccc6)c6ccccc6)cc5)cc4c4cccc2c34)cc1. The molecule has 2 aliphatic rings. The van der Waals surface area contributed by atoms with Crippen molar-refractivity contribution in [2.24, 2.45) is 0 Å². The standard InChI is InChI=1S/C80H50.C60H42O4/c1-5-23-53(24-6-1)79(54-25-7-2-8-26-54)73-39-19-17-35-61(73)71-49-67-59-33-15-13-31-57(59)65(47-69(67)63-37-21-41-75(79)77(63)71)51-43-45-52(46-44-51)66-48-70-64-38-22-42-76-78(64)72(50-68(70)60-34-16-14-32-58(60)66)62-36-18-20-40-74(62)80(76,55-27-9-3-10-28-55)56-29-11-4-12-30-56;1-3-63-59(61)49-27-15-13-25-47(49)53-35-57-41-19-7-5-17-39(41)51(33-55(57)45-23-11-9-21-43(45)53)37-29-31-38(32-30-37)52-34-56-46-24-12-10-22-44(46)54(36-58(56)42-20-8-6-18-40(42)52)48-26-14-16-28-50(48)60(62)64-4-2/h1-50H;5-36H,3-4H2,1-2H3. The Balaban J connectivity index is 0.000000147. The number of ether oxygens (including phenoxy) is 2. The Morgan fingerprint density at radius 1 is 0.167 bits per heavy atom. The van der Waals surface area contributed by atoms with E-state index >= 15 is 0 Å². The highest BCUT2D eigenvalue weighted by atomic mass is 16.5. The molecule has 0 heterocycles. The van der Waals surface area contributed by atoms with Crippen molar-refractivity contribution >= 4 is 141 Å². The van der Waals surface area contributed by atoms with E-state index in [0.29, 0.717) is 24.3 Å². The molecule has 0 spiro atoms. The summed E-state index contributed by atoms with van der Waals surface area (Å²) in [7, 11) is 0. The summed E-state index contributed by atoms with van der Waals surface area (Å²) in [6, 6.07) is 182. The van der Waals surface area contributed by atoms with Gasteiger partial charge in [-0.3, -0.25) is 0 Å². The average Bonchev–Trinajstić information content (AvgIpc) is 0.684. The Morgan fingerprint density at radius 2 is 0.368 bits per heavy atom. The fourth-order valence-corrected chi connectivity index (χ4v) is 25.1. The van der Waals surface area contributed by atoms with Crippen molar-refractivity contribution in [3.63, 3.8) is 0 Å². The van der Waals surface area contributed by atoms with Crippen LogP contribution in [0.25, 0.3) is 218 Å². The Morgan fingerprint density at radius 3 is 0.646 bits per heavy atom. The average molecular weight is 1840 g/mol. The van der Waals surface area contributed by atoms with Crippen molar-refractivity contribution < 1.29 is 19.1 Å². The molecule has 26 aromatic rings. The van der Waals surface area contributed by atoms with Crippen LogP contribution in [-0.2, 0) is 20.3 Å². The Labute approximate surface area is 834 Å². The minimum atomic E-state index is -0.519. The van der Waals surface area contributed by atoms with E-state index in [-0.39, 0.29) is 11.9 Å². The third kappa shape index (κ3) is 13.1. The van der Waals surface area contributed by atoms with Gasteiger partial charge >= 0.3 is 11.9 Å². The van der Waals surface area contributed by atoms with Crippen LogP contribution in [-0.4, -0.2) is 25.2 Å². The highest BCUT2D eigenvalue weighted by Gasteiger charge is 2.47. The smallest absolute Gasteiger partial charge is 0.338 e. The summed E-state index contributed by atoms with van der Waals surface area (Å²) in [5, 5.41) is 28.9. The van der Waals surface area contributed by atoms with E-state index in [4.69, 9.17) is 9.47 Å². The minimum absolute atomic E-state index is 0.313. The highest BCUT2D eigenvalue weighted by molar-refractivity contribution is 6.30. The molecule has 676 valence electrons. The maximum absolute atomic E-state index is 13.2. The van der Waals surface area contributed by atoms with E-state index < -0.39 is 10.8 Å². The molecule has 0 amide bonds. The lowest BCUT2D eigenvalue weighted by atomic mass is 9.59. The summed E-state index contributed by atoms with van der Waals surface area (Å²) in [6.45, 7) is 4.30. The first-order chi connectivity index (χ1) is 71.2. The second kappa shape index (κ2) is 34.4. The van der Waals surface area contributed by atoms with Gasteiger partial charge in [0.15, 0.2) is 0 Å². The van der Waals surface area contributed by atoms with Gasteiger partial charge in [-0.2, -0.15) is 0 Å². The fourth-order valence-electron chi connectivity index (χ4n) is 25.1. The highest BCUT2D eigenvalue weighted by Crippen LogP contribution is 2.61. The molecule has 4 nitrogen and oxygen atoms in total. The molecule has 0 radical (unpaired) electrons. The van der Waals surface area contributed by atoms with Crippen molar-refractivity contribution in [3.8, 4) is 89.0 Å². The van der Waals surface area contributed by atoms with E-state index in [1.807, 2.05) is 62.4 Å². The maximum Gasteiger partial charge on any atom is 0.338 e. The molecule has 2 aliphatic carbocycles. The second-order valence-corrected chi connectivity index (χ2v) is 38.2. The quantitative estimate of drug-likeness (QED) is 0.0804. The lowest BCUT2D eigenvalue weighted by Gasteiger charge is -2.42. The van der Waals surface area contributed by atoms with Crippen LogP contribution >= 0.6 is 0 Å². The number of hydrogen-bond donors (Lipinski definition) is 0. The molecule has 0 atom stereocenters. The zero-order chi connectivity index (χ0) is 95.8. The molecule has 0 saturated heterocycles. The molecule has 0 aliphatic heterocycles. The molecule has 4 heteroatoms. The third-order valence-corrected chi connectivity index (χ3v) is 31.1. The number of hydrogen-bond acceptors (Lipinski definition) is 4. The van der Waals surface area contributed by atoms with Crippen LogP contribution in [0.1, 0.15) is 79.1 Å². The normalized spacial score (nSPS) is 12.7. The van der Waals surface area contributed by atoms with Gasteiger partial charge < -0.3 is 9.47 Å². The van der Waals surface area contributed by atoms with Crippen molar-refractivity contribution in [2.75, 3.05) is 13.2 Å². The van der Waals surface area contributed by atoms with Crippen molar-refractivity contribution in [3.05, 3.63) is 553 Å². The number of carbonyl (C=O) groups excluding carboxylic acids is 2. The molecule has 0 unspecified atom stereocenters. The Kier molecular flexibility index (Phi) is 20.3. The Bertz CT molecular complexity index is 9170. The third-order valence-electron chi connectivity index (χ3n) is 31.1. The summed E-state index contributed by atoms with van der Waals surface area (Å²) in [4.78, 5) is 26.4. The number of carbonyl (C=O) groups is 2. The summed E-state index contributed by atoms with van der Waals surface area (Å²) >= 11 is 0. The molecular weight excluding hydrogens is 1750 g/mol. The van der Waals surface area contributed by atoms with Crippen LogP contribution in [0.3, 0.4) is 0 Å². The van der Waals surface area contributed by atoms with Gasteiger partial charge in [-0.05, 0) is 337 Å². The summed E-state index contributed by atoms with van der Waals surface area (Å²) < 4.78 is 11.0. The minimum Gasteiger partial charge on any atom is -0.462 e. The van der Waals surface area contributed by atoms with E-state index in [2.05, 4.69) is 449 Å². The topological polar surface area (TPSA) is 52.6 Å². The van der Waals surface area contributed by atoms with Gasteiger partial charge in [-0.25, -0.2) is 9.59 Å². The van der Waals surface area contributed by atoms with Gasteiger partial charge in [0.2, 0.25) is 0 Å². The van der Waals surface area contributed by atoms with Gasteiger partial charge in [0.05, 0.1) is 35.2 Å². The lowest BCUT2D eigenvalue weighted by molar-refractivity contribution is 0.0517. The van der Waals surface area contributed by atoms with Gasteiger partial charge in [0.25, 0.3) is 0 Å². The van der Waals surface area contributed by atoms with Crippen LogP contribution in [0.4, 0.5) is 0 Å². The molecule has 28 rings (SSSR count). The van der Waals surface area contributed by atoms with Crippen molar-refractivity contribution in [2.45, 2.75) is 24.7 Å². The first-order valence-electron chi connectivity index (χ1n) is 50.0. The monoisotopic (exact) mass is 1840 g/mol. The largest absolute Gasteiger partial charge is 0.462 e. The van der Waals surface area contributed by atoms with Gasteiger partial charge in [0.1, 0.15) is 0 Å². The molecule has 0 aromatic heterocycles. The maximum atomic E-state index is 13.2. The van der Waals surface area contributed by atoms with Gasteiger partial charge in [-0.1, -0.05) is 437 Å². The molecular formula is C140H92O4.